The second-order valence-corrected chi connectivity index (χ2v) is 3.84. The smallest absolute Gasteiger partial charge is 0.146 e. The van der Waals surface area contributed by atoms with Gasteiger partial charge in [-0.25, -0.2) is 0 Å². The molecule has 0 N–H and O–H groups in total. The maximum Gasteiger partial charge on any atom is 0.146 e. The number of allylic oxidation sites excluding steroid dienone is 1. The molecule has 0 unspecified atom stereocenters. The molecule has 0 aliphatic heterocycles. The summed E-state index contributed by atoms with van der Waals surface area (Å²) >= 11 is 0. The Balaban J connectivity index is 2.41. The Kier molecular flexibility index (Phi) is 7.23. The van der Waals surface area contributed by atoms with Crippen LogP contribution in [0.5, 0.6) is 5.75 Å². The number of hydrogen-bond acceptors (Lipinski definition) is 2. The maximum absolute atomic E-state index is 5.58. The van der Waals surface area contributed by atoms with Gasteiger partial charge in [-0.1, -0.05) is 43.4 Å². The van der Waals surface area contributed by atoms with Crippen LogP contribution in [0.3, 0.4) is 0 Å². The molecule has 1 aromatic rings. The van der Waals surface area contributed by atoms with Crippen LogP contribution in [0.4, 0.5) is 0 Å². The van der Waals surface area contributed by atoms with E-state index in [4.69, 9.17) is 9.47 Å². The van der Waals surface area contributed by atoms with Gasteiger partial charge >= 0.3 is 0 Å². The van der Waals surface area contributed by atoms with E-state index in [0.29, 0.717) is 6.61 Å². The Hall–Kier alpha value is -1.88. The zero-order valence-corrected chi connectivity index (χ0v) is 11.1. The minimum absolute atomic E-state index is 0.406. The molecule has 0 aliphatic carbocycles. The minimum atomic E-state index is 0.406. The molecule has 0 aromatic heterocycles. The molecule has 0 amide bonds. The van der Waals surface area contributed by atoms with E-state index in [2.05, 4.69) is 18.8 Å². The van der Waals surface area contributed by atoms with Crippen molar-refractivity contribution in [3.05, 3.63) is 42.2 Å². The Bertz CT molecular complexity index is 410. The van der Waals surface area contributed by atoms with Gasteiger partial charge in [0, 0.05) is 12.5 Å². The normalized spacial score (nSPS) is 10.4. The highest BCUT2D eigenvalue weighted by Crippen LogP contribution is 2.09. The molecule has 2 nitrogen and oxygen atoms in total. The summed E-state index contributed by atoms with van der Waals surface area (Å²) in [5.41, 5.74) is 0. The summed E-state index contributed by atoms with van der Waals surface area (Å²) in [7, 11) is 1.63. The van der Waals surface area contributed by atoms with Crippen molar-refractivity contribution in [3.8, 4) is 17.6 Å². The summed E-state index contributed by atoms with van der Waals surface area (Å²) < 4.78 is 10.8. The molecule has 0 saturated carbocycles. The second kappa shape index (κ2) is 9.18. The molecular formula is C16H20O2. The van der Waals surface area contributed by atoms with Gasteiger partial charge in [-0.05, 0) is 18.6 Å². The van der Waals surface area contributed by atoms with E-state index in [1.807, 2.05) is 30.3 Å². The summed E-state index contributed by atoms with van der Waals surface area (Å²) in [6.07, 6.45) is 5.03. The van der Waals surface area contributed by atoms with Crippen LogP contribution in [-0.4, -0.2) is 13.7 Å². The third-order valence-electron chi connectivity index (χ3n) is 2.38. The molecule has 0 heterocycles. The van der Waals surface area contributed by atoms with E-state index in [9.17, 15) is 0 Å². The lowest BCUT2D eigenvalue weighted by atomic mass is 10.2. The first kappa shape index (κ1) is 14.2. The van der Waals surface area contributed by atoms with Crippen molar-refractivity contribution in [2.45, 2.75) is 26.2 Å². The third kappa shape index (κ3) is 6.00. The third-order valence-corrected chi connectivity index (χ3v) is 2.38. The topological polar surface area (TPSA) is 18.5 Å². The van der Waals surface area contributed by atoms with E-state index < -0.39 is 0 Å². The quantitative estimate of drug-likeness (QED) is 0.430. The lowest BCUT2D eigenvalue weighted by Gasteiger charge is -2.07. The van der Waals surface area contributed by atoms with E-state index in [-0.39, 0.29) is 0 Å². The fourth-order valence-corrected chi connectivity index (χ4v) is 1.30. The molecule has 2 heteroatoms. The molecule has 0 saturated heterocycles. The molecule has 0 radical (unpaired) electrons. The number of benzene rings is 1. The highest BCUT2D eigenvalue weighted by molar-refractivity contribution is 5.23. The van der Waals surface area contributed by atoms with E-state index >= 15 is 0 Å². The highest BCUT2D eigenvalue weighted by Gasteiger charge is 1.96. The van der Waals surface area contributed by atoms with Gasteiger partial charge in [0.2, 0.25) is 0 Å². The number of methoxy groups -OCH3 is 1. The van der Waals surface area contributed by atoms with Crippen LogP contribution in [0.25, 0.3) is 0 Å². The average Bonchev–Trinajstić information content (AvgIpc) is 2.43. The molecule has 18 heavy (non-hydrogen) atoms. The molecule has 0 fully saturated rings. The molecule has 1 rings (SSSR count). The predicted octanol–water partition coefficient (Wildman–Crippen LogP) is 3.79. The van der Waals surface area contributed by atoms with Crippen LogP contribution in [-0.2, 0) is 4.74 Å². The van der Waals surface area contributed by atoms with Crippen LogP contribution in [0.15, 0.2) is 42.2 Å². The monoisotopic (exact) mass is 244 g/mol. The molecule has 96 valence electrons. The highest BCUT2D eigenvalue weighted by atomic mass is 16.5. The maximum atomic E-state index is 5.58. The number of unbranched alkanes of at least 4 members (excludes halogenated alkanes) is 2. The summed E-state index contributed by atoms with van der Waals surface area (Å²) in [4.78, 5) is 0. The zero-order valence-electron chi connectivity index (χ0n) is 11.1. The van der Waals surface area contributed by atoms with Crippen LogP contribution in [0.1, 0.15) is 26.2 Å². The molecule has 0 bridgehead atoms. The van der Waals surface area contributed by atoms with Crippen LogP contribution < -0.4 is 4.74 Å². The van der Waals surface area contributed by atoms with Crippen molar-refractivity contribution in [2.75, 3.05) is 13.7 Å². The fraction of sp³-hybridized carbons (Fsp3) is 0.375. The van der Waals surface area contributed by atoms with Crippen molar-refractivity contribution in [1.29, 1.82) is 0 Å². The van der Waals surface area contributed by atoms with Crippen LogP contribution >= 0.6 is 0 Å². The molecule has 0 spiro atoms. The molecular weight excluding hydrogens is 224 g/mol. The first-order valence-corrected chi connectivity index (χ1v) is 6.26. The van der Waals surface area contributed by atoms with Gasteiger partial charge in [-0.3, -0.25) is 0 Å². The lowest BCUT2D eigenvalue weighted by molar-refractivity contribution is 0.219. The lowest BCUT2D eigenvalue weighted by Crippen LogP contribution is -2.02. The Morgan fingerprint density at radius 3 is 2.72 bits per heavy atom. The Morgan fingerprint density at radius 1 is 1.28 bits per heavy atom. The first-order valence-electron chi connectivity index (χ1n) is 6.26. The van der Waals surface area contributed by atoms with E-state index in [1.165, 1.54) is 6.42 Å². The molecule has 1 aromatic carbocycles. The number of para-hydroxylation sites is 1. The van der Waals surface area contributed by atoms with Crippen molar-refractivity contribution in [3.63, 3.8) is 0 Å². The SMILES string of the molecule is CCCCC#C/C=C(/COc1ccccc1)OC. The van der Waals surface area contributed by atoms with Crippen LogP contribution in [0, 0.1) is 11.8 Å². The van der Waals surface area contributed by atoms with Crippen molar-refractivity contribution >= 4 is 0 Å². The van der Waals surface area contributed by atoms with Gasteiger partial charge in [0.1, 0.15) is 18.1 Å². The summed E-state index contributed by atoms with van der Waals surface area (Å²) in [5.74, 6) is 7.65. The number of rotatable bonds is 6. The van der Waals surface area contributed by atoms with Crippen LogP contribution in [0.2, 0.25) is 0 Å². The zero-order chi connectivity index (χ0) is 13.1. The standard InChI is InChI=1S/C16H20O2/c1-3-4-5-6-8-13-16(17-2)14-18-15-11-9-7-10-12-15/h7,9-13H,3-5,14H2,1-2H3/b16-13-. The average molecular weight is 244 g/mol. The number of hydrogen-bond donors (Lipinski definition) is 0. The van der Waals surface area contributed by atoms with Crippen molar-refractivity contribution < 1.29 is 9.47 Å². The van der Waals surface area contributed by atoms with Gasteiger partial charge in [0.25, 0.3) is 0 Å². The molecule has 0 aliphatic rings. The van der Waals surface area contributed by atoms with Gasteiger partial charge in [-0.2, -0.15) is 0 Å². The van der Waals surface area contributed by atoms with Gasteiger partial charge in [0.05, 0.1) is 7.11 Å². The summed E-state index contributed by atoms with van der Waals surface area (Å²) in [6.45, 7) is 2.56. The van der Waals surface area contributed by atoms with Gasteiger partial charge < -0.3 is 9.47 Å². The number of ether oxygens (including phenoxy) is 2. The van der Waals surface area contributed by atoms with Crippen molar-refractivity contribution in [2.24, 2.45) is 0 Å². The Labute approximate surface area is 110 Å². The summed E-state index contributed by atoms with van der Waals surface area (Å²) in [5, 5.41) is 0. The first-order chi connectivity index (χ1) is 8.86. The largest absolute Gasteiger partial charge is 0.497 e. The van der Waals surface area contributed by atoms with E-state index in [1.54, 1.807) is 13.2 Å². The van der Waals surface area contributed by atoms with Gasteiger partial charge in [0.15, 0.2) is 0 Å². The van der Waals surface area contributed by atoms with Gasteiger partial charge in [-0.15, -0.1) is 0 Å². The Morgan fingerprint density at radius 2 is 2.06 bits per heavy atom. The van der Waals surface area contributed by atoms with Crippen molar-refractivity contribution in [1.82, 2.24) is 0 Å². The van der Waals surface area contributed by atoms with E-state index in [0.717, 1.165) is 24.4 Å². The second-order valence-electron chi connectivity index (χ2n) is 3.84. The predicted molar refractivity (Wildman–Crippen MR) is 74.3 cm³/mol. The fourth-order valence-electron chi connectivity index (χ4n) is 1.30. The summed E-state index contributed by atoms with van der Waals surface area (Å²) in [6, 6.07) is 9.67. The minimum Gasteiger partial charge on any atom is -0.497 e. The molecule has 0 atom stereocenters.